The van der Waals surface area contributed by atoms with Crippen molar-refractivity contribution in [1.82, 2.24) is 5.01 Å². The molecule has 0 unspecified atom stereocenters. The SMILES string of the molecule is CN(C)N1CC=Cc2c1cccc2[N+](=O)[O-]. The van der Waals surface area contributed by atoms with Crippen molar-refractivity contribution >= 4 is 17.5 Å². The van der Waals surface area contributed by atoms with E-state index in [1.54, 1.807) is 6.07 Å². The van der Waals surface area contributed by atoms with E-state index in [9.17, 15) is 10.1 Å². The van der Waals surface area contributed by atoms with Crippen molar-refractivity contribution in [2.45, 2.75) is 0 Å². The van der Waals surface area contributed by atoms with E-state index in [-0.39, 0.29) is 10.6 Å². The third-order valence-electron chi connectivity index (χ3n) is 2.58. The number of fused-ring (bicyclic) bond motifs is 1. The van der Waals surface area contributed by atoms with E-state index < -0.39 is 0 Å². The highest BCUT2D eigenvalue weighted by molar-refractivity contribution is 5.77. The Labute approximate surface area is 93.7 Å². The van der Waals surface area contributed by atoms with E-state index >= 15 is 0 Å². The molecule has 0 aliphatic carbocycles. The van der Waals surface area contributed by atoms with Crippen molar-refractivity contribution in [3.8, 4) is 0 Å². The molecule has 0 fully saturated rings. The lowest BCUT2D eigenvalue weighted by Crippen LogP contribution is -2.38. The molecule has 5 nitrogen and oxygen atoms in total. The zero-order chi connectivity index (χ0) is 11.7. The average Bonchev–Trinajstić information content (AvgIpc) is 2.27. The van der Waals surface area contributed by atoms with Crippen LogP contribution in [0.1, 0.15) is 5.56 Å². The van der Waals surface area contributed by atoms with Crippen molar-refractivity contribution in [3.63, 3.8) is 0 Å². The number of anilines is 1. The summed E-state index contributed by atoms with van der Waals surface area (Å²) in [5.41, 5.74) is 1.70. The Hall–Kier alpha value is -1.88. The molecule has 0 spiro atoms. The molecule has 1 aliphatic heterocycles. The van der Waals surface area contributed by atoms with Crippen LogP contribution in [-0.4, -0.2) is 30.6 Å². The van der Waals surface area contributed by atoms with Crippen LogP contribution in [0.15, 0.2) is 24.3 Å². The van der Waals surface area contributed by atoms with Crippen LogP contribution in [0.2, 0.25) is 0 Å². The fourth-order valence-electron chi connectivity index (χ4n) is 1.84. The molecule has 0 amide bonds. The highest BCUT2D eigenvalue weighted by Crippen LogP contribution is 2.33. The summed E-state index contributed by atoms with van der Waals surface area (Å²) in [6.45, 7) is 0.737. The Kier molecular flexibility index (Phi) is 2.62. The highest BCUT2D eigenvalue weighted by atomic mass is 16.6. The normalized spacial score (nSPS) is 14.1. The monoisotopic (exact) mass is 219 g/mol. The second-order valence-electron chi connectivity index (χ2n) is 3.80. The minimum atomic E-state index is -0.345. The summed E-state index contributed by atoms with van der Waals surface area (Å²) in [6.07, 6.45) is 3.74. The summed E-state index contributed by atoms with van der Waals surface area (Å²) in [7, 11) is 3.84. The Balaban J connectivity index is 2.56. The molecular weight excluding hydrogens is 206 g/mol. The van der Waals surface area contributed by atoms with E-state index in [1.807, 2.05) is 42.3 Å². The number of rotatable bonds is 2. The lowest BCUT2D eigenvalue weighted by Gasteiger charge is -2.33. The Morgan fingerprint density at radius 2 is 2.19 bits per heavy atom. The molecule has 1 heterocycles. The first-order valence-electron chi connectivity index (χ1n) is 5.00. The van der Waals surface area contributed by atoms with Crippen molar-refractivity contribution < 1.29 is 4.92 Å². The maximum atomic E-state index is 10.9. The molecular formula is C11H13N3O2. The van der Waals surface area contributed by atoms with Gasteiger partial charge < -0.3 is 5.01 Å². The molecule has 0 atom stereocenters. The molecule has 5 heteroatoms. The molecule has 0 saturated carbocycles. The van der Waals surface area contributed by atoms with Crippen LogP contribution in [-0.2, 0) is 0 Å². The van der Waals surface area contributed by atoms with Gasteiger partial charge in [-0.05, 0) is 12.1 Å². The number of hydrogen-bond acceptors (Lipinski definition) is 4. The van der Waals surface area contributed by atoms with E-state index in [0.29, 0.717) is 5.56 Å². The van der Waals surface area contributed by atoms with E-state index in [0.717, 1.165) is 12.2 Å². The Bertz CT molecular complexity index is 455. The van der Waals surface area contributed by atoms with Gasteiger partial charge in [0, 0.05) is 20.2 Å². The lowest BCUT2D eigenvalue weighted by atomic mass is 10.1. The van der Waals surface area contributed by atoms with Crippen LogP contribution in [0.3, 0.4) is 0 Å². The second-order valence-corrected chi connectivity index (χ2v) is 3.80. The molecule has 0 saturated heterocycles. The lowest BCUT2D eigenvalue weighted by molar-refractivity contribution is -0.385. The smallest absolute Gasteiger partial charge is 0.278 e. The fraction of sp³-hybridized carbons (Fsp3) is 0.273. The number of nitrogens with zero attached hydrogens (tertiary/aromatic N) is 3. The number of nitro groups is 1. The van der Waals surface area contributed by atoms with Crippen LogP contribution < -0.4 is 5.01 Å². The summed E-state index contributed by atoms with van der Waals surface area (Å²) in [6, 6.07) is 5.14. The van der Waals surface area contributed by atoms with Crippen LogP contribution >= 0.6 is 0 Å². The Morgan fingerprint density at radius 1 is 1.44 bits per heavy atom. The summed E-state index contributed by atoms with van der Waals surface area (Å²) in [5.74, 6) is 0. The van der Waals surface area contributed by atoms with Gasteiger partial charge in [0.05, 0.1) is 22.7 Å². The fourth-order valence-corrected chi connectivity index (χ4v) is 1.84. The molecule has 0 radical (unpaired) electrons. The number of nitro benzene ring substituents is 1. The number of hydrazine groups is 1. The standard InChI is InChI=1S/C11H13N3O2/c1-12(2)13-8-4-5-9-10(13)6-3-7-11(9)14(15)16/h3-7H,8H2,1-2H3. The van der Waals surface area contributed by atoms with E-state index in [4.69, 9.17) is 0 Å². The summed E-state index contributed by atoms with van der Waals surface area (Å²) in [5, 5.41) is 14.8. The van der Waals surface area contributed by atoms with Gasteiger partial charge in [-0.1, -0.05) is 12.1 Å². The zero-order valence-electron chi connectivity index (χ0n) is 9.25. The highest BCUT2D eigenvalue weighted by Gasteiger charge is 2.22. The number of benzene rings is 1. The molecule has 1 aromatic carbocycles. The van der Waals surface area contributed by atoms with Gasteiger partial charge in [-0.15, -0.1) is 0 Å². The van der Waals surface area contributed by atoms with E-state index in [2.05, 4.69) is 0 Å². The molecule has 0 N–H and O–H groups in total. The largest absolute Gasteiger partial charge is 0.302 e. The predicted octanol–water partition coefficient (Wildman–Crippen LogP) is 1.90. The van der Waals surface area contributed by atoms with Crippen molar-refractivity contribution in [2.75, 3.05) is 25.6 Å². The number of hydrogen-bond donors (Lipinski definition) is 0. The average molecular weight is 219 g/mol. The van der Waals surface area contributed by atoms with Crippen LogP contribution in [0.4, 0.5) is 11.4 Å². The van der Waals surface area contributed by atoms with Crippen LogP contribution in [0, 0.1) is 10.1 Å². The topological polar surface area (TPSA) is 49.6 Å². The quantitative estimate of drug-likeness (QED) is 0.563. The molecule has 84 valence electrons. The van der Waals surface area contributed by atoms with Gasteiger partial charge in [-0.3, -0.25) is 10.1 Å². The summed E-state index contributed by atoms with van der Waals surface area (Å²) in [4.78, 5) is 10.5. The van der Waals surface area contributed by atoms with Gasteiger partial charge in [-0.2, -0.15) is 0 Å². The molecule has 1 aliphatic rings. The van der Waals surface area contributed by atoms with Gasteiger partial charge in [-0.25, -0.2) is 5.01 Å². The molecule has 2 rings (SSSR count). The van der Waals surface area contributed by atoms with Crippen LogP contribution in [0.5, 0.6) is 0 Å². The molecule has 1 aromatic rings. The zero-order valence-corrected chi connectivity index (χ0v) is 9.25. The molecule has 0 aromatic heterocycles. The predicted molar refractivity (Wildman–Crippen MR) is 63.2 cm³/mol. The Morgan fingerprint density at radius 3 is 2.81 bits per heavy atom. The third kappa shape index (κ3) is 1.65. The van der Waals surface area contributed by atoms with E-state index in [1.165, 1.54) is 6.07 Å². The first-order valence-corrected chi connectivity index (χ1v) is 5.00. The maximum absolute atomic E-state index is 10.9. The van der Waals surface area contributed by atoms with Crippen LogP contribution in [0.25, 0.3) is 6.08 Å². The van der Waals surface area contributed by atoms with Crippen molar-refractivity contribution in [3.05, 3.63) is 40.0 Å². The molecule has 16 heavy (non-hydrogen) atoms. The second kappa shape index (κ2) is 3.94. The van der Waals surface area contributed by atoms with Gasteiger partial charge in [0.2, 0.25) is 0 Å². The minimum absolute atomic E-state index is 0.153. The summed E-state index contributed by atoms with van der Waals surface area (Å²) >= 11 is 0. The molecule has 0 bridgehead atoms. The van der Waals surface area contributed by atoms with Crippen molar-refractivity contribution in [2.24, 2.45) is 0 Å². The summed E-state index contributed by atoms with van der Waals surface area (Å²) < 4.78 is 0. The van der Waals surface area contributed by atoms with Crippen molar-refractivity contribution in [1.29, 1.82) is 0 Å². The van der Waals surface area contributed by atoms with Gasteiger partial charge in [0.15, 0.2) is 0 Å². The van der Waals surface area contributed by atoms with Gasteiger partial charge in [0.25, 0.3) is 5.69 Å². The first-order chi connectivity index (χ1) is 7.61. The van der Waals surface area contributed by atoms with Gasteiger partial charge in [0.1, 0.15) is 0 Å². The first kappa shape index (κ1) is 10.6. The third-order valence-corrected chi connectivity index (χ3v) is 2.58. The van der Waals surface area contributed by atoms with Gasteiger partial charge >= 0.3 is 0 Å². The maximum Gasteiger partial charge on any atom is 0.278 e. The minimum Gasteiger partial charge on any atom is -0.302 e.